The average Bonchev–Trinajstić information content (AvgIpc) is 2.59. The van der Waals surface area contributed by atoms with Gasteiger partial charge in [-0.3, -0.25) is 0 Å². The van der Waals surface area contributed by atoms with Crippen LogP contribution in [0.5, 0.6) is 0 Å². The van der Waals surface area contributed by atoms with Gasteiger partial charge in [-0.25, -0.2) is 4.98 Å². The first-order valence-electron chi connectivity index (χ1n) is 4.93. The lowest BCUT2D eigenvalue weighted by Crippen LogP contribution is -2.28. The van der Waals surface area contributed by atoms with E-state index in [4.69, 9.17) is 5.73 Å². The Labute approximate surface area is 89.1 Å². The molecular formula is C9H18N4S. The normalized spacial score (nSPS) is 10.8. The van der Waals surface area contributed by atoms with E-state index < -0.39 is 0 Å². The van der Waals surface area contributed by atoms with E-state index in [0.717, 1.165) is 36.3 Å². The van der Waals surface area contributed by atoms with E-state index in [1.54, 1.807) is 6.20 Å². The molecule has 0 atom stereocenters. The molecule has 1 aromatic rings. The van der Waals surface area contributed by atoms with Gasteiger partial charge in [-0.15, -0.1) is 0 Å². The number of thiazole rings is 1. The monoisotopic (exact) mass is 214 g/mol. The maximum absolute atomic E-state index is 5.57. The summed E-state index contributed by atoms with van der Waals surface area (Å²) >= 11 is 1.49. The zero-order chi connectivity index (χ0) is 10.4. The van der Waals surface area contributed by atoms with E-state index in [0.29, 0.717) is 0 Å². The Morgan fingerprint density at radius 1 is 1.50 bits per heavy atom. The first kappa shape index (κ1) is 11.3. The van der Waals surface area contributed by atoms with Crippen molar-refractivity contribution in [1.29, 1.82) is 0 Å². The van der Waals surface area contributed by atoms with Crippen molar-refractivity contribution in [3.63, 3.8) is 0 Å². The van der Waals surface area contributed by atoms with Crippen LogP contribution in [0.25, 0.3) is 0 Å². The molecule has 0 aliphatic rings. The summed E-state index contributed by atoms with van der Waals surface area (Å²) in [6.45, 7) is 8.51. The molecule has 3 N–H and O–H groups in total. The van der Waals surface area contributed by atoms with E-state index in [1.165, 1.54) is 11.3 Å². The number of rotatable bonds is 6. The van der Waals surface area contributed by atoms with Crippen molar-refractivity contribution in [3.05, 3.63) is 6.20 Å². The molecule has 4 nitrogen and oxygen atoms in total. The fraction of sp³-hybridized carbons (Fsp3) is 0.667. The molecule has 14 heavy (non-hydrogen) atoms. The van der Waals surface area contributed by atoms with Crippen molar-refractivity contribution < 1.29 is 0 Å². The van der Waals surface area contributed by atoms with Gasteiger partial charge in [-0.2, -0.15) is 0 Å². The maximum Gasteiger partial charge on any atom is 0.184 e. The summed E-state index contributed by atoms with van der Waals surface area (Å²) in [6.07, 6.45) is 1.68. The Bertz CT molecular complexity index is 257. The first-order valence-corrected chi connectivity index (χ1v) is 5.75. The molecule has 5 heteroatoms. The molecule has 0 saturated heterocycles. The van der Waals surface area contributed by atoms with E-state index in [9.17, 15) is 0 Å². The summed E-state index contributed by atoms with van der Waals surface area (Å²) in [7, 11) is 0. The molecular weight excluding hydrogens is 196 g/mol. The lowest BCUT2D eigenvalue weighted by Gasteiger charge is -2.17. The van der Waals surface area contributed by atoms with Crippen LogP contribution in [0, 0.1) is 0 Å². The second kappa shape index (κ2) is 5.82. The number of nitrogens with two attached hydrogens (primary N) is 1. The number of hydrogen-bond donors (Lipinski definition) is 2. The molecule has 0 unspecified atom stereocenters. The third-order valence-electron chi connectivity index (χ3n) is 2.12. The third kappa shape index (κ3) is 3.51. The largest absolute Gasteiger partial charge is 0.389 e. The minimum absolute atomic E-state index is 0.760. The number of nitrogens with zero attached hydrogens (tertiary/aromatic N) is 2. The fourth-order valence-corrected chi connectivity index (χ4v) is 1.84. The molecule has 80 valence electrons. The molecule has 0 spiro atoms. The number of nitrogen functional groups attached to an aromatic ring is 1. The van der Waals surface area contributed by atoms with Gasteiger partial charge in [0.1, 0.15) is 5.00 Å². The van der Waals surface area contributed by atoms with Gasteiger partial charge in [0.05, 0.1) is 6.20 Å². The lowest BCUT2D eigenvalue weighted by molar-refractivity contribution is 0.316. The van der Waals surface area contributed by atoms with Gasteiger partial charge in [0, 0.05) is 13.1 Å². The van der Waals surface area contributed by atoms with Crippen molar-refractivity contribution in [3.8, 4) is 0 Å². The summed E-state index contributed by atoms with van der Waals surface area (Å²) in [5, 5.41) is 4.92. The SMILES string of the molecule is CCN(CC)CCNc1ncc(N)s1. The van der Waals surface area contributed by atoms with Gasteiger partial charge >= 0.3 is 0 Å². The number of hydrogen-bond acceptors (Lipinski definition) is 5. The maximum atomic E-state index is 5.57. The van der Waals surface area contributed by atoms with Gasteiger partial charge in [-0.05, 0) is 13.1 Å². The van der Waals surface area contributed by atoms with Crippen LogP contribution in [0.2, 0.25) is 0 Å². The zero-order valence-corrected chi connectivity index (χ0v) is 9.60. The fourth-order valence-electron chi connectivity index (χ4n) is 1.23. The highest BCUT2D eigenvalue weighted by Gasteiger charge is 2.00. The molecule has 0 bridgehead atoms. The Hall–Kier alpha value is -0.810. The van der Waals surface area contributed by atoms with Gasteiger partial charge in [-0.1, -0.05) is 25.2 Å². The quantitative estimate of drug-likeness (QED) is 0.753. The zero-order valence-electron chi connectivity index (χ0n) is 8.79. The topological polar surface area (TPSA) is 54.2 Å². The number of aromatic nitrogens is 1. The number of anilines is 2. The Morgan fingerprint density at radius 3 is 2.71 bits per heavy atom. The van der Waals surface area contributed by atoms with Crippen LogP contribution in [0.15, 0.2) is 6.20 Å². The summed E-state index contributed by atoms with van der Waals surface area (Å²) in [5.41, 5.74) is 5.57. The van der Waals surface area contributed by atoms with Crippen molar-refractivity contribution >= 4 is 21.5 Å². The highest BCUT2D eigenvalue weighted by molar-refractivity contribution is 7.19. The molecule has 0 aliphatic carbocycles. The van der Waals surface area contributed by atoms with Crippen molar-refractivity contribution in [1.82, 2.24) is 9.88 Å². The number of nitrogens with one attached hydrogen (secondary N) is 1. The smallest absolute Gasteiger partial charge is 0.184 e. The van der Waals surface area contributed by atoms with E-state index in [2.05, 4.69) is 29.0 Å². The van der Waals surface area contributed by atoms with E-state index in [1.807, 2.05) is 0 Å². The summed E-state index contributed by atoms with van der Waals surface area (Å²) in [5.74, 6) is 0. The van der Waals surface area contributed by atoms with Crippen LogP contribution in [0.3, 0.4) is 0 Å². The molecule has 1 heterocycles. The lowest BCUT2D eigenvalue weighted by atomic mass is 10.5. The van der Waals surface area contributed by atoms with Crippen LogP contribution in [0.4, 0.5) is 10.1 Å². The minimum Gasteiger partial charge on any atom is -0.389 e. The molecule has 1 aromatic heterocycles. The van der Waals surface area contributed by atoms with Gasteiger partial charge in [0.25, 0.3) is 0 Å². The molecule has 0 amide bonds. The van der Waals surface area contributed by atoms with E-state index >= 15 is 0 Å². The van der Waals surface area contributed by atoms with Gasteiger partial charge < -0.3 is 16.0 Å². The molecule has 0 saturated carbocycles. The predicted molar refractivity (Wildman–Crippen MR) is 62.8 cm³/mol. The summed E-state index contributed by atoms with van der Waals surface area (Å²) < 4.78 is 0. The standard InChI is InChI=1S/C9H18N4S/c1-3-13(4-2)6-5-11-9-12-7-8(10)14-9/h7H,3-6,10H2,1-2H3,(H,11,12). The predicted octanol–water partition coefficient (Wildman–Crippen LogP) is 1.48. The summed E-state index contributed by atoms with van der Waals surface area (Å²) in [6, 6.07) is 0. The molecule has 0 fully saturated rings. The Morgan fingerprint density at radius 2 is 2.21 bits per heavy atom. The van der Waals surface area contributed by atoms with Crippen LogP contribution in [0.1, 0.15) is 13.8 Å². The molecule has 0 aromatic carbocycles. The molecule has 1 rings (SSSR count). The Balaban J connectivity index is 2.21. The Kier molecular flexibility index (Phi) is 4.69. The van der Waals surface area contributed by atoms with Crippen molar-refractivity contribution in [2.45, 2.75) is 13.8 Å². The van der Waals surface area contributed by atoms with Crippen LogP contribution in [-0.2, 0) is 0 Å². The van der Waals surface area contributed by atoms with Crippen LogP contribution < -0.4 is 11.1 Å². The molecule has 0 radical (unpaired) electrons. The van der Waals surface area contributed by atoms with E-state index in [-0.39, 0.29) is 0 Å². The first-order chi connectivity index (χ1) is 6.76. The molecule has 0 aliphatic heterocycles. The third-order valence-corrected chi connectivity index (χ3v) is 2.91. The van der Waals surface area contributed by atoms with Crippen molar-refractivity contribution in [2.24, 2.45) is 0 Å². The van der Waals surface area contributed by atoms with Crippen molar-refractivity contribution in [2.75, 3.05) is 37.2 Å². The highest BCUT2D eigenvalue weighted by Crippen LogP contribution is 2.18. The summed E-state index contributed by atoms with van der Waals surface area (Å²) in [4.78, 5) is 6.49. The second-order valence-corrected chi connectivity index (χ2v) is 4.08. The average molecular weight is 214 g/mol. The van der Waals surface area contributed by atoms with Crippen LogP contribution in [-0.4, -0.2) is 36.1 Å². The highest BCUT2D eigenvalue weighted by atomic mass is 32.1. The second-order valence-electron chi connectivity index (χ2n) is 3.02. The number of likely N-dealkylation sites (N-methyl/N-ethyl adjacent to an activating group) is 1. The minimum atomic E-state index is 0.760. The van der Waals surface area contributed by atoms with Gasteiger partial charge in [0.15, 0.2) is 5.13 Å². The van der Waals surface area contributed by atoms with Crippen LogP contribution >= 0.6 is 11.3 Å². The van der Waals surface area contributed by atoms with Gasteiger partial charge in [0.2, 0.25) is 0 Å².